The monoisotopic (exact) mass is 423 g/mol. The maximum Gasteiger partial charge on any atom is -0.147 e. The second kappa shape index (κ2) is 9.28. The first-order valence-electron chi connectivity index (χ1n) is 8.49. The van der Waals surface area contributed by atoms with Crippen molar-refractivity contribution in [1.29, 1.82) is 0 Å². The van der Waals surface area contributed by atoms with Crippen molar-refractivity contribution in [3.63, 3.8) is 0 Å². The van der Waals surface area contributed by atoms with Crippen LogP contribution in [-0.2, 0) is 19.4 Å². The summed E-state index contributed by atoms with van der Waals surface area (Å²) in [6.07, 6.45) is 0. The molecule has 1 aliphatic carbocycles. The van der Waals surface area contributed by atoms with Gasteiger partial charge in [0.25, 0.3) is 0 Å². The van der Waals surface area contributed by atoms with Crippen molar-refractivity contribution in [2.45, 2.75) is 34.6 Å². The van der Waals surface area contributed by atoms with Gasteiger partial charge in [0.2, 0.25) is 0 Å². The van der Waals surface area contributed by atoms with E-state index in [9.17, 15) is 0 Å². The smallest absolute Gasteiger partial charge is 0.147 e. The van der Waals surface area contributed by atoms with Gasteiger partial charge in [-0.3, -0.25) is 0 Å². The van der Waals surface area contributed by atoms with E-state index in [1.807, 2.05) is 0 Å². The summed E-state index contributed by atoms with van der Waals surface area (Å²) in [6, 6.07) is 21.6. The summed E-state index contributed by atoms with van der Waals surface area (Å²) in [5, 5.41) is 0. The Hall–Kier alpha value is -0.986. The third-order valence-electron chi connectivity index (χ3n) is 5.31. The minimum atomic E-state index is -0.483. The number of hydrogen-bond donors (Lipinski definition) is 0. The molecule has 1 aliphatic rings. The van der Waals surface area contributed by atoms with Gasteiger partial charge in [0.05, 0.1) is 0 Å². The van der Waals surface area contributed by atoms with E-state index in [4.69, 9.17) is 0 Å². The predicted molar refractivity (Wildman–Crippen MR) is 114 cm³/mol. The molecule has 0 radical (unpaired) electrons. The molecule has 0 atom stereocenters. The fourth-order valence-electron chi connectivity index (χ4n) is 3.36. The van der Waals surface area contributed by atoms with E-state index in [0.29, 0.717) is 0 Å². The zero-order valence-electron chi connectivity index (χ0n) is 16.0. The number of halogens is 2. The second-order valence-corrected chi connectivity index (χ2v) is 8.82. The molecule has 138 valence electrons. The molecule has 2 aromatic rings. The summed E-state index contributed by atoms with van der Waals surface area (Å²) >= 11 is -0.483. The molecule has 0 heterocycles. The van der Waals surface area contributed by atoms with Crippen LogP contribution in [-0.4, -0.2) is 0 Å². The molecule has 2 aromatic carbocycles. The van der Waals surface area contributed by atoms with Gasteiger partial charge in [-0.1, -0.05) is 0 Å². The topological polar surface area (TPSA) is 3.24 Å². The van der Waals surface area contributed by atoms with Crippen LogP contribution in [0.2, 0.25) is 0 Å². The largest absolute Gasteiger partial charge is 0.147 e. The van der Waals surface area contributed by atoms with E-state index in [1.54, 1.807) is 3.88 Å². The van der Waals surface area contributed by atoms with Gasteiger partial charge >= 0.3 is 155 Å². The van der Waals surface area contributed by atoms with Gasteiger partial charge in [-0.2, -0.15) is 0 Å². The fourth-order valence-corrected chi connectivity index (χ4v) is 5.86. The third kappa shape index (κ3) is 4.29. The summed E-state index contributed by atoms with van der Waals surface area (Å²) in [5.74, 6) is 0. The van der Waals surface area contributed by atoms with Crippen molar-refractivity contribution in [3.05, 3.63) is 81.3 Å². The molecule has 0 N–H and O–H groups in total. The molecular formula is C22H27Cl2NTi. The molecule has 26 heavy (non-hydrogen) atoms. The van der Waals surface area contributed by atoms with Crippen molar-refractivity contribution in [1.82, 2.24) is 0 Å². The Kier molecular flexibility index (Phi) is 8.23. The van der Waals surface area contributed by atoms with Gasteiger partial charge in [-0.05, 0) is 0 Å². The molecule has 1 nitrogen and oxygen atoms in total. The zero-order valence-corrected chi connectivity index (χ0v) is 19.2. The van der Waals surface area contributed by atoms with Crippen molar-refractivity contribution >= 4 is 36.2 Å². The molecular weight excluding hydrogens is 397 g/mol. The molecule has 0 bridgehead atoms. The van der Waals surface area contributed by atoms with Crippen LogP contribution in [0.3, 0.4) is 0 Å². The number of hydrogen-bond acceptors (Lipinski definition) is 1. The Morgan fingerprint density at radius 2 is 1.12 bits per heavy atom. The van der Waals surface area contributed by atoms with Crippen LogP contribution in [0, 0.1) is 5.41 Å². The summed E-state index contributed by atoms with van der Waals surface area (Å²) in [4.78, 5) is 0. The molecule has 0 saturated carbocycles. The average molecular weight is 424 g/mol. The van der Waals surface area contributed by atoms with E-state index in [2.05, 4.69) is 98.7 Å². The molecule has 0 aromatic heterocycles. The van der Waals surface area contributed by atoms with Crippen LogP contribution in [0.15, 0.2) is 81.3 Å². The van der Waals surface area contributed by atoms with E-state index < -0.39 is 19.4 Å². The van der Waals surface area contributed by atoms with Gasteiger partial charge < -0.3 is 0 Å². The van der Waals surface area contributed by atoms with Crippen LogP contribution >= 0.6 is 24.8 Å². The summed E-state index contributed by atoms with van der Waals surface area (Å²) in [5.41, 5.74) is 7.29. The Morgan fingerprint density at radius 3 is 1.46 bits per heavy atom. The Labute approximate surface area is 179 Å². The van der Waals surface area contributed by atoms with Crippen molar-refractivity contribution in [2.24, 2.45) is 5.41 Å². The Bertz CT molecular complexity index is 756. The average Bonchev–Trinajstić information content (AvgIpc) is 2.75. The van der Waals surface area contributed by atoms with Gasteiger partial charge in [-0.15, -0.1) is 24.8 Å². The third-order valence-corrected chi connectivity index (χ3v) is 8.38. The van der Waals surface area contributed by atoms with Gasteiger partial charge in [0.15, 0.2) is 0 Å². The Balaban J connectivity index is 0.00000169. The molecule has 0 unspecified atom stereocenters. The number of benzene rings is 2. The zero-order chi connectivity index (χ0) is 17.3. The SMILES string of the molecule is CC1=C(C)C(C)(C)[C]([Ti][N](c2ccccc2)c2ccccc2)=C1C.Cl.Cl. The number of nitrogens with zero attached hydrogens (tertiary/aromatic N) is 1. The van der Waals surface area contributed by atoms with E-state index in [0.717, 1.165) is 0 Å². The number of anilines is 2. The number of allylic oxidation sites excluding steroid dienone is 4. The molecule has 4 heteroatoms. The van der Waals surface area contributed by atoms with Crippen LogP contribution in [0.5, 0.6) is 0 Å². The van der Waals surface area contributed by atoms with Gasteiger partial charge in [-0.25, -0.2) is 0 Å². The maximum atomic E-state index is 2.55. The van der Waals surface area contributed by atoms with Crippen LogP contribution in [0.25, 0.3) is 0 Å². The second-order valence-electron chi connectivity index (χ2n) is 6.99. The van der Waals surface area contributed by atoms with Crippen LogP contribution in [0.4, 0.5) is 11.4 Å². The van der Waals surface area contributed by atoms with Crippen LogP contribution in [0.1, 0.15) is 34.6 Å². The molecule has 0 fully saturated rings. The minimum absolute atomic E-state index is 0. The molecule has 0 amide bonds. The number of para-hydroxylation sites is 2. The van der Waals surface area contributed by atoms with E-state index in [1.165, 1.54) is 28.1 Å². The first-order valence-corrected chi connectivity index (χ1v) is 9.97. The van der Waals surface area contributed by atoms with Gasteiger partial charge in [0, 0.05) is 0 Å². The quantitative estimate of drug-likeness (QED) is 0.465. The van der Waals surface area contributed by atoms with Gasteiger partial charge in [0.1, 0.15) is 0 Å². The predicted octanol–water partition coefficient (Wildman–Crippen LogP) is 7.32. The maximum absolute atomic E-state index is 2.55. The summed E-state index contributed by atoms with van der Waals surface area (Å²) < 4.78 is 4.19. The summed E-state index contributed by atoms with van der Waals surface area (Å²) in [6.45, 7) is 11.7. The van der Waals surface area contributed by atoms with Crippen LogP contribution < -0.4 is 3.38 Å². The minimum Gasteiger partial charge on any atom is -0.147 e. The molecule has 0 spiro atoms. The van der Waals surface area contributed by atoms with Crippen molar-refractivity contribution in [2.75, 3.05) is 3.38 Å². The standard InChI is InChI=1S/C12H10N.C10H15.2ClH.Ti/c1-3-7-11(8-4-1)13-12-9-5-2-6-10-12;1-7-6-10(4,5)9(3)8(7)2;;;/h1-10H;1-5H3;2*1H;/q-1;;;;+1. The van der Waals surface area contributed by atoms with E-state index >= 15 is 0 Å². The van der Waals surface area contributed by atoms with Crippen molar-refractivity contribution < 1.29 is 19.4 Å². The molecule has 0 saturated heterocycles. The first kappa shape index (κ1) is 23.1. The Morgan fingerprint density at radius 1 is 0.692 bits per heavy atom. The summed E-state index contributed by atoms with van der Waals surface area (Å²) in [7, 11) is 0. The fraction of sp³-hybridized carbons (Fsp3) is 0.273. The normalized spacial score (nSPS) is 15.3. The van der Waals surface area contributed by atoms with Crippen molar-refractivity contribution in [3.8, 4) is 0 Å². The molecule has 0 aliphatic heterocycles. The van der Waals surface area contributed by atoms with E-state index in [-0.39, 0.29) is 30.2 Å². The molecule has 3 rings (SSSR count). The number of rotatable bonds is 4. The first-order chi connectivity index (χ1) is 11.4.